The van der Waals surface area contributed by atoms with Crippen molar-refractivity contribution in [1.82, 2.24) is 19.9 Å². The highest BCUT2D eigenvalue weighted by Crippen LogP contribution is 2.37. The number of rotatable bonds is 5. The summed E-state index contributed by atoms with van der Waals surface area (Å²) in [5.41, 5.74) is 6.73. The van der Waals surface area contributed by atoms with Gasteiger partial charge in [0.2, 0.25) is 0 Å². The second-order valence-corrected chi connectivity index (χ2v) is 9.26. The SMILES string of the molecule is COc1ccc(/C=C2/CCc3c2nc2ccccc2c3C(=O)NCc2cn3c(n2)CCCC3)cc1. The van der Waals surface area contributed by atoms with E-state index >= 15 is 0 Å². The van der Waals surface area contributed by atoms with E-state index in [1.807, 2.05) is 48.5 Å². The molecule has 0 unspecified atom stereocenters. The van der Waals surface area contributed by atoms with E-state index in [1.54, 1.807) is 7.11 Å². The van der Waals surface area contributed by atoms with Gasteiger partial charge in [-0.05, 0) is 66.7 Å². The zero-order valence-electron chi connectivity index (χ0n) is 19.9. The Balaban J connectivity index is 1.33. The molecule has 6 heteroatoms. The van der Waals surface area contributed by atoms with Crippen molar-refractivity contribution < 1.29 is 9.53 Å². The summed E-state index contributed by atoms with van der Waals surface area (Å²) in [7, 11) is 1.67. The Bertz CT molecular complexity index is 1430. The van der Waals surface area contributed by atoms with Gasteiger partial charge in [-0.15, -0.1) is 0 Å². The molecule has 6 nitrogen and oxygen atoms in total. The summed E-state index contributed by atoms with van der Waals surface area (Å²) in [6, 6.07) is 15.9. The Hall–Kier alpha value is -3.93. The molecule has 2 aromatic heterocycles. The van der Waals surface area contributed by atoms with Crippen molar-refractivity contribution >= 4 is 28.5 Å². The Morgan fingerprint density at radius 3 is 2.74 bits per heavy atom. The van der Waals surface area contributed by atoms with Gasteiger partial charge in [0.25, 0.3) is 5.91 Å². The monoisotopic (exact) mass is 464 g/mol. The number of methoxy groups -OCH3 is 1. The number of nitrogens with one attached hydrogen (secondary N) is 1. The van der Waals surface area contributed by atoms with Gasteiger partial charge in [-0.2, -0.15) is 0 Å². The third kappa shape index (κ3) is 4.09. The van der Waals surface area contributed by atoms with Gasteiger partial charge < -0.3 is 14.6 Å². The van der Waals surface area contributed by atoms with Gasteiger partial charge in [0, 0.05) is 24.5 Å². The quantitative estimate of drug-likeness (QED) is 0.441. The van der Waals surface area contributed by atoms with Crippen LogP contribution in [0.5, 0.6) is 5.75 Å². The molecule has 1 N–H and O–H groups in total. The number of pyridine rings is 1. The fraction of sp³-hybridized carbons (Fsp3) is 0.276. The van der Waals surface area contributed by atoms with E-state index in [0.29, 0.717) is 6.54 Å². The molecule has 176 valence electrons. The largest absolute Gasteiger partial charge is 0.497 e. The molecular weight excluding hydrogens is 436 g/mol. The van der Waals surface area contributed by atoms with Crippen molar-refractivity contribution in [2.24, 2.45) is 0 Å². The summed E-state index contributed by atoms with van der Waals surface area (Å²) in [6.07, 6.45) is 9.31. The highest BCUT2D eigenvalue weighted by Gasteiger charge is 2.27. The molecule has 0 fully saturated rings. The van der Waals surface area contributed by atoms with Crippen molar-refractivity contribution in [3.8, 4) is 5.75 Å². The number of ether oxygens (including phenoxy) is 1. The first-order valence-electron chi connectivity index (χ1n) is 12.3. The molecule has 0 saturated carbocycles. The van der Waals surface area contributed by atoms with Gasteiger partial charge in [0.1, 0.15) is 11.6 Å². The van der Waals surface area contributed by atoms with Crippen LogP contribution in [-0.4, -0.2) is 27.6 Å². The summed E-state index contributed by atoms with van der Waals surface area (Å²) in [5.74, 6) is 1.90. The van der Waals surface area contributed by atoms with Crippen molar-refractivity contribution in [2.75, 3.05) is 7.11 Å². The number of carbonyl (C=O) groups excluding carboxylic acids is 1. The van der Waals surface area contributed by atoms with Crippen LogP contribution < -0.4 is 10.1 Å². The lowest BCUT2D eigenvalue weighted by atomic mass is 10.00. The number of aryl methyl sites for hydroxylation is 2. The second kappa shape index (κ2) is 9.02. The van der Waals surface area contributed by atoms with Crippen LogP contribution in [0.3, 0.4) is 0 Å². The molecule has 0 atom stereocenters. The lowest BCUT2D eigenvalue weighted by Gasteiger charge is -2.12. The van der Waals surface area contributed by atoms with Crippen LogP contribution in [0.4, 0.5) is 0 Å². The number of para-hydroxylation sites is 1. The molecule has 0 radical (unpaired) electrons. The van der Waals surface area contributed by atoms with Crippen LogP contribution in [0.2, 0.25) is 0 Å². The van der Waals surface area contributed by atoms with E-state index in [-0.39, 0.29) is 5.91 Å². The zero-order valence-corrected chi connectivity index (χ0v) is 19.9. The minimum Gasteiger partial charge on any atom is -0.497 e. The summed E-state index contributed by atoms with van der Waals surface area (Å²) in [4.78, 5) is 23.3. The van der Waals surface area contributed by atoms with Crippen molar-refractivity contribution in [3.63, 3.8) is 0 Å². The van der Waals surface area contributed by atoms with Gasteiger partial charge in [0.15, 0.2) is 0 Å². The van der Waals surface area contributed by atoms with E-state index in [0.717, 1.165) is 81.9 Å². The fourth-order valence-corrected chi connectivity index (χ4v) is 5.26. The van der Waals surface area contributed by atoms with Crippen LogP contribution in [0, 0.1) is 0 Å². The number of aromatic nitrogens is 3. The first-order valence-corrected chi connectivity index (χ1v) is 12.3. The first kappa shape index (κ1) is 21.6. The maximum Gasteiger partial charge on any atom is 0.252 e. The Morgan fingerprint density at radius 2 is 1.91 bits per heavy atom. The van der Waals surface area contributed by atoms with E-state index < -0.39 is 0 Å². The average molecular weight is 465 g/mol. The highest BCUT2D eigenvalue weighted by molar-refractivity contribution is 6.09. The number of hydrogen-bond acceptors (Lipinski definition) is 4. The lowest BCUT2D eigenvalue weighted by Crippen LogP contribution is -2.25. The van der Waals surface area contributed by atoms with Crippen molar-refractivity contribution in [2.45, 2.75) is 45.2 Å². The number of allylic oxidation sites excluding steroid dienone is 1. The van der Waals surface area contributed by atoms with Crippen LogP contribution in [0.25, 0.3) is 22.6 Å². The van der Waals surface area contributed by atoms with Crippen LogP contribution in [-0.2, 0) is 25.9 Å². The fourth-order valence-electron chi connectivity index (χ4n) is 5.26. The predicted octanol–water partition coefficient (Wildman–Crippen LogP) is 5.19. The molecule has 1 aliphatic heterocycles. The maximum absolute atomic E-state index is 13.6. The molecule has 35 heavy (non-hydrogen) atoms. The van der Waals surface area contributed by atoms with Crippen LogP contribution >= 0.6 is 0 Å². The molecule has 2 aliphatic rings. The highest BCUT2D eigenvalue weighted by atomic mass is 16.5. The standard InChI is InChI=1S/C29H28N4O2/c1-35-22-12-9-19(10-13-22)16-20-11-14-24-27(23-6-2-3-7-25(23)32-28(20)24)29(34)30-17-21-18-33-15-5-4-8-26(33)31-21/h2-3,6-7,9-10,12-13,16,18H,4-5,8,11,14-15,17H2,1H3,(H,30,34)/b20-16-. The number of amides is 1. The topological polar surface area (TPSA) is 69.0 Å². The van der Waals surface area contributed by atoms with Crippen LogP contribution in [0.1, 0.15) is 58.0 Å². The molecule has 4 aromatic rings. The Morgan fingerprint density at radius 1 is 1.06 bits per heavy atom. The van der Waals surface area contributed by atoms with E-state index in [1.165, 1.54) is 12.8 Å². The second-order valence-electron chi connectivity index (χ2n) is 9.26. The average Bonchev–Trinajstić information content (AvgIpc) is 3.50. The molecule has 6 rings (SSSR count). The number of benzene rings is 2. The molecule has 3 heterocycles. The van der Waals surface area contributed by atoms with E-state index in [4.69, 9.17) is 14.7 Å². The third-order valence-electron chi connectivity index (χ3n) is 7.01. The summed E-state index contributed by atoms with van der Waals surface area (Å²) >= 11 is 0. The number of hydrogen-bond donors (Lipinski definition) is 1. The maximum atomic E-state index is 13.6. The summed E-state index contributed by atoms with van der Waals surface area (Å²) in [6.45, 7) is 1.45. The van der Waals surface area contributed by atoms with Gasteiger partial charge >= 0.3 is 0 Å². The van der Waals surface area contributed by atoms with Gasteiger partial charge in [-0.25, -0.2) is 9.97 Å². The summed E-state index contributed by atoms with van der Waals surface area (Å²) in [5, 5.41) is 4.05. The van der Waals surface area contributed by atoms with Gasteiger partial charge in [-0.3, -0.25) is 4.79 Å². The van der Waals surface area contributed by atoms with E-state index in [2.05, 4.69) is 22.2 Å². The number of fused-ring (bicyclic) bond motifs is 3. The number of nitrogens with zero attached hydrogens (tertiary/aromatic N) is 3. The molecule has 0 saturated heterocycles. The van der Waals surface area contributed by atoms with Gasteiger partial charge in [-0.1, -0.05) is 30.3 Å². The Kier molecular flexibility index (Phi) is 5.57. The zero-order chi connectivity index (χ0) is 23.8. The Labute approximate surface area is 204 Å². The van der Waals surface area contributed by atoms with Crippen molar-refractivity contribution in [3.05, 3.63) is 88.6 Å². The molecule has 2 aromatic carbocycles. The molecule has 0 spiro atoms. The number of carbonyl (C=O) groups is 1. The predicted molar refractivity (Wildman–Crippen MR) is 137 cm³/mol. The van der Waals surface area contributed by atoms with Crippen LogP contribution in [0.15, 0.2) is 54.7 Å². The minimum atomic E-state index is -0.0588. The number of imidazole rings is 1. The third-order valence-corrected chi connectivity index (χ3v) is 7.01. The van der Waals surface area contributed by atoms with E-state index in [9.17, 15) is 4.79 Å². The normalized spacial score (nSPS) is 15.7. The lowest BCUT2D eigenvalue weighted by molar-refractivity contribution is 0.0951. The summed E-state index contributed by atoms with van der Waals surface area (Å²) < 4.78 is 7.50. The van der Waals surface area contributed by atoms with Gasteiger partial charge in [0.05, 0.1) is 36.1 Å². The van der Waals surface area contributed by atoms with Crippen molar-refractivity contribution in [1.29, 1.82) is 0 Å². The minimum absolute atomic E-state index is 0.0588. The molecular formula is C29H28N4O2. The molecule has 1 aliphatic carbocycles. The first-order chi connectivity index (χ1) is 17.2. The molecule has 0 bridgehead atoms. The smallest absolute Gasteiger partial charge is 0.252 e. The molecule has 1 amide bonds.